The number of hydrogen-bond acceptors (Lipinski definition) is 4. The molecule has 4 nitrogen and oxygen atoms in total. The Bertz CT molecular complexity index is 923. The van der Waals surface area contributed by atoms with Gasteiger partial charge < -0.3 is 10.1 Å². The van der Waals surface area contributed by atoms with Gasteiger partial charge in [-0.2, -0.15) is 0 Å². The van der Waals surface area contributed by atoms with E-state index in [-0.39, 0.29) is 18.3 Å². The average molecular weight is 368 g/mol. The van der Waals surface area contributed by atoms with E-state index in [1.807, 2.05) is 13.0 Å². The van der Waals surface area contributed by atoms with Crippen LogP contribution in [0.5, 0.6) is 5.75 Å². The van der Waals surface area contributed by atoms with Crippen LogP contribution < -0.4 is 10.1 Å². The van der Waals surface area contributed by atoms with E-state index >= 15 is 0 Å². The first-order chi connectivity index (χ1) is 12.6. The smallest absolute Gasteiger partial charge is 0.248 e. The molecule has 0 spiro atoms. The zero-order valence-electron chi connectivity index (χ0n) is 14.1. The van der Waals surface area contributed by atoms with Crippen LogP contribution in [0.1, 0.15) is 16.0 Å². The lowest BCUT2D eigenvalue weighted by Gasteiger charge is -2.11. The van der Waals surface area contributed by atoms with Gasteiger partial charge in [-0.05, 0) is 54.5 Å². The van der Waals surface area contributed by atoms with E-state index in [4.69, 9.17) is 4.74 Å². The summed E-state index contributed by atoms with van der Waals surface area (Å²) >= 11 is 1.46. The third-order valence-electron chi connectivity index (χ3n) is 3.60. The highest BCUT2D eigenvalue weighted by molar-refractivity contribution is 7.10. The minimum atomic E-state index is -0.285. The lowest BCUT2D eigenvalue weighted by Crippen LogP contribution is -2.09. The number of nitrogens with zero attached hydrogens (tertiary/aromatic N) is 1. The average Bonchev–Trinajstić information content (AvgIpc) is 3.14. The molecular weight excluding hydrogens is 351 g/mol. The molecule has 2 aromatic carbocycles. The Balaban J connectivity index is 1.59. The van der Waals surface area contributed by atoms with Crippen LogP contribution in [-0.2, 0) is 11.4 Å². The van der Waals surface area contributed by atoms with Crippen LogP contribution in [-0.4, -0.2) is 10.9 Å². The van der Waals surface area contributed by atoms with Gasteiger partial charge in [0.1, 0.15) is 18.2 Å². The van der Waals surface area contributed by atoms with Crippen LogP contribution in [0.2, 0.25) is 0 Å². The molecule has 0 atom stereocenters. The van der Waals surface area contributed by atoms with Gasteiger partial charge in [0.15, 0.2) is 0 Å². The number of nitrogens with one attached hydrogen (secondary N) is 1. The molecule has 0 fully saturated rings. The maximum absolute atomic E-state index is 13.2. The van der Waals surface area contributed by atoms with Crippen LogP contribution in [0.4, 0.5) is 10.1 Å². The number of aromatic nitrogens is 1. The van der Waals surface area contributed by atoms with Gasteiger partial charge in [-0.1, -0.05) is 12.1 Å². The van der Waals surface area contributed by atoms with Gasteiger partial charge >= 0.3 is 0 Å². The quantitative estimate of drug-likeness (QED) is 0.635. The van der Waals surface area contributed by atoms with Gasteiger partial charge in [0, 0.05) is 22.8 Å². The highest BCUT2D eigenvalue weighted by Gasteiger charge is 2.05. The van der Waals surface area contributed by atoms with E-state index in [1.54, 1.807) is 42.0 Å². The molecule has 0 aliphatic rings. The molecule has 0 aliphatic carbocycles. The Morgan fingerprint density at radius 3 is 2.92 bits per heavy atom. The number of rotatable bonds is 6. The molecule has 3 rings (SSSR count). The van der Waals surface area contributed by atoms with Crippen LogP contribution in [0, 0.1) is 12.7 Å². The molecule has 0 unspecified atom stereocenters. The number of carbonyl (C=O) groups excluding carboxylic acids is 1. The van der Waals surface area contributed by atoms with E-state index in [0.29, 0.717) is 11.4 Å². The van der Waals surface area contributed by atoms with Crippen molar-refractivity contribution in [3.05, 3.63) is 82.1 Å². The predicted molar refractivity (Wildman–Crippen MR) is 102 cm³/mol. The maximum atomic E-state index is 13.2. The monoisotopic (exact) mass is 368 g/mol. The van der Waals surface area contributed by atoms with Crippen molar-refractivity contribution in [2.75, 3.05) is 5.32 Å². The summed E-state index contributed by atoms with van der Waals surface area (Å²) in [4.78, 5) is 16.9. The SMILES string of the molecule is Cc1cc(OCc2cccc(F)c2)ccc1NC(=O)/C=C/c1cncs1. The second-order valence-electron chi connectivity index (χ2n) is 5.62. The molecule has 0 radical (unpaired) electrons. The summed E-state index contributed by atoms with van der Waals surface area (Å²) in [6.45, 7) is 2.16. The second-order valence-corrected chi connectivity index (χ2v) is 6.54. The number of halogens is 1. The van der Waals surface area contributed by atoms with Crippen molar-refractivity contribution in [3.63, 3.8) is 0 Å². The summed E-state index contributed by atoms with van der Waals surface area (Å²) < 4.78 is 18.9. The Hall–Kier alpha value is -2.99. The van der Waals surface area contributed by atoms with E-state index in [2.05, 4.69) is 10.3 Å². The van der Waals surface area contributed by atoms with Crippen molar-refractivity contribution >= 4 is 29.0 Å². The first kappa shape index (κ1) is 17.8. The number of benzene rings is 2. The molecule has 6 heteroatoms. The summed E-state index contributed by atoms with van der Waals surface area (Å²) in [5, 5.41) is 2.83. The van der Waals surface area contributed by atoms with Crippen LogP contribution in [0.25, 0.3) is 6.08 Å². The molecule has 0 saturated carbocycles. The van der Waals surface area contributed by atoms with Gasteiger partial charge in [-0.3, -0.25) is 9.78 Å². The molecule has 1 N–H and O–H groups in total. The minimum Gasteiger partial charge on any atom is -0.489 e. The Morgan fingerprint density at radius 2 is 2.19 bits per heavy atom. The molecule has 3 aromatic rings. The molecule has 26 heavy (non-hydrogen) atoms. The topological polar surface area (TPSA) is 51.2 Å². The number of anilines is 1. The Labute approximate surface area is 155 Å². The first-order valence-corrected chi connectivity index (χ1v) is 8.83. The summed E-state index contributed by atoms with van der Waals surface area (Å²) in [7, 11) is 0. The van der Waals surface area contributed by atoms with Gasteiger partial charge in [0.25, 0.3) is 0 Å². The first-order valence-electron chi connectivity index (χ1n) is 7.95. The molecule has 0 saturated heterocycles. The molecular formula is C20H17FN2O2S. The van der Waals surface area contributed by atoms with E-state index in [9.17, 15) is 9.18 Å². The highest BCUT2D eigenvalue weighted by atomic mass is 32.1. The maximum Gasteiger partial charge on any atom is 0.248 e. The number of hydrogen-bond donors (Lipinski definition) is 1. The number of amides is 1. The van der Waals surface area contributed by atoms with Crippen molar-refractivity contribution in [2.24, 2.45) is 0 Å². The van der Waals surface area contributed by atoms with Crippen LogP contribution in [0.15, 0.2) is 60.2 Å². The second kappa shape index (κ2) is 8.40. The summed E-state index contributed by atoms with van der Waals surface area (Å²) in [6, 6.07) is 11.7. The normalized spacial score (nSPS) is 10.8. The fourth-order valence-electron chi connectivity index (χ4n) is 2.30. The van der Waals surface area contributed by atoms with Crippen molar-refractivity contribution in [1.29, 1.82) is 0 Å². The lowest BCUT2D eigenvalue weighted by atomic mass is 10.2. The fraction of sp³-hybridized carbons (Fsp3) is 0.100. The summed E-state index contributed by atoms with van der Waals surface area (Å²) in [5.41, 5.74) is 4.06. The third kappa shape index (κ3) is 5.00. The largest absolute Gasteiger partial charge is 0.489 e. The molecule has 1 aromatic heterocycles. The Kier molecular flexibility index (Phi) is 5.76. The minimum absolute atomic E-state index is 0.213. The Morgan fingerprint density at radius 1 is 1.31 bits per heavy atom. The van der Waals surface area contributed by atoms with Crippen molar-refractivity contribution < 1.29 is 13.9 Å². The lowest BCUT2D eigenvalue weighted by molar-refractivity contribution is -0.111. The van der Waals surface area contributed by atoms with Crippen molar-refractivity contribution in [3.8, 4) is 5.75 Å². The molecule has 0 bridgehead atoms. The van der Waals surface area contributed by atoms with Gasteiger partial charge in [-0.25, -0.2) is 4.39 Å². The number of ether oxygens (including phenoxy) is 1. The standard InChI is InChI=1S/C20H17FN2O2S/c1-14-9-17(25-12-15-3-2-4-16(21)10-15)5-7-19(14)23-20(24)8-6-18-11-22-13-26-18/h2-11,13H,12H2,1H3,(H,23,24)/b8-6+. The number of carbonyl (C=O) groups is 1. The molecule has 0 aliphatic heterocycles. The van der Waals surface area contributed by atoms with E-state index in [0.717, 1.165) is 16.0 Å². The van der Waals surface area contributed by atoms with Gasteiger partial charge in [0.2, 0.25) is 5.91 Å². The van der Waals surface area contributed by atoms with Gasteiger partial charge in [0.05, 0.1) is 5.51 Å². The molecule has 1 amide bonds. The zero-order valence-corrected chi connectivity index (χ0v) is 14.9. The van der Waals surface area contributed by atoms with E-state index in [1.165, 1.54) is 29.5 Å². The van der Waals surface area contributed by atoms with Crippen LogP contribution in [0.3, 0.4) is 0 Å². The summed E-state index contributed by atoms with van der Waals surface area (Å²) in [5.74, 6) is 0.159. The van der Waals surface area contributed by atoms with Crippen molar-refractivity contribution in [2.45, 2.75) is 13.5 Å². The molecule has 132 valence electrons. The van der Waals surface area contributed by atoms with E-state index < -0.39 is 0 Å². The summed E-state index contributed by atoms with van der Waals surface area (Å²) in [6.07, 6.45) is 4.89. The molecule has 1 heterocycles. The number of aryl methyl sites for hydroxylation is 1. The number of thiazole rings is 1. The van der Waals surface area contributed by atoms with Gasteiger partial charge in [-0.15, -0.1) is 11.3 Å². The predicted octanol–water partition coefficient (Wildman–Crippen LogP) is 4.82. The zero-order chi connectivity index (χ0) is 18.4. The fourth-order valence-corrected chi connectivity index (χ4v) is 2.81. The highest BCUT2D eigenvalue weighted by Crippen LogP contribution is 2.22. The van der Waals surface area contributed by atoms with Crippen LogP contribution >= 0.6 is 11.3 Å². The van der Waals surface area contributed by atoms with Crippen molar-refractivity contribution in [1.82, 2.24) is 4.98 Å². The third-order valence-corrected chi connectivity index (χ3v) is 4.34.